The average Bonchev–Trinajstić information content (AvgIpc) is 2.86. The van der Waals surface area contributed by atoms with Crippen LogP contribution in [0, 0.1) is 39.4 Å². The lowest BCUT2D eigenvalue weighted by Crippen LogP contribution is -2.29. The molecule has 0 aromatic carbocycles. The van der Waals surface area contributed by atoms with Crippen LogP contribution in [0.1, 0.15) is 9.67 Å². The molecule has 1 aromatic rings. The van der Waals surface area contributed by atoms with Gasteiger partial charge in [0, 0.05) is 0 Å². The molecule has 22 heavy (non-hydrogen) atoms. The number of esters is 2. The molecule has 1 aromatic heterocycles. The lowest BCUT2D eigenvalue weighted by molar-refractivity contribution is -0.153. The van der Waals surface area contributed by atoms with Crippen molar-refractivity contribution in [3.63, 3.8) is 0 Å². The first-order valence-corrected chi connectivity index (χ1v) is 6.93. The molecular formula is C14H10N2O5S. The molecule has 2 rings (SSSR count). The Balaban J connectivity index is 2.63. The van der Waals surface area contributed by atoms with Crippen molar-refractivity contribution in [2.75, 3.05) is 14.2 Å². The van der Waals surface area contributed by atoms with Gasteiger partial charge in [-0.2, -0.15) is 10.5 Å². The highest BCUT2D eigenvalue weighted by molar-refractivity contribution is 7.12. The van der Waals surface area contributed by atoms with E-state index >= 15 is 0 Å². The fourth-order valence-corrected chi connectivity index (χ4v) is 3.40. The Morgan fingerprint density at radius 2 is 1.64 bits per heavy atom. The number of hydrogen-bond acceptors (Lipinski definition) is 8. The Morgan fingerprint density at radius 1 is 1.14 bits per heavy atom. The molecule has 112 valence electrons. The van der Waals surface area contributed by atoms with Gasteiger partial charge in [0.2, 0.25) is 0 Å². The largest absolute Gasteiger partial charge is 0.468 e. The number of nitrogens with zero attached hydrogens (tertiary/aromatic N) is 2. The third kappa shape index (κ3) is 1.62. The Bertz CT molecular complexity index is 689. The molecule has 0 bridgehead atoms. The summed E-state index contributed by atoms with van der Waals surface area (Å²) >= 11 is 1.09. The summed E-state index contributed by atoms with van der Waals surface area (Å²) < 4.78 is 9.10. The van der Waals surface area contributed by atoms with Crippen molar-refractivity contribution >= 4 is 29.1 Å². The summed E-state index contributed by atoms with van der Waals surface area (Å²) in [5.74, 6) is -4.28. The minimum atomic E-state index is -2.19. The molecular weight excluding hydrogens is 308 g/mol. The van der Waals surface area contributed by atoms with Crippen LogP contribution in [0.2, 0.25) is 0 Å². The fourth-order valence-electron chi connectivity index (χ4n) is 2.71. The first kappa shape index (κ1) is 15.7. The molecule has 2 atom stereocenters. The Kier molecular flexibility index (Phi) is 3.74. The zero-order valence-corrected chi connectivity index (χ0v) is 12.5. The van der Waals surface area contributed by atoms with Gasteiger partial charge in [0.25, 0.3) is 0 Å². The van der Waals surface area contributed by atoms with Crippen LogP contribution in [-0.2, 0) is 19.1 Å². The van der Waals surface area contributed by atoms with Crippen molar-refractivity contribution in [1.82, 2.24) is 0 Å². The number of methoxy groups -OCH3 is 2. The lowest BCUT2D eigenvalue weighted by Gasteiger charge is -2.09. The fraction of sp³-hybridized carbons (Fsp3) is 0.357. The zero-order chi connectivity index (χ0) is 16.5. The Hall–Kier alpha value is -2.71. The molecule has 0 amide bonds. The number of rotatable bonds is 4. The van der Waals surface area contributed by atoms with Gasteiger partial charge in [-0.1, -0.05) is 6.07 Å². The first-order valence-electron chi connectivity index (χ1n) is 6.05. The van der Waals surface area contributed by atoms with E-state index < -0.39 is 34.5 Å². The molecule has 8 heteroatoms. The van der Waals surface area contributed by atoms with Gasteiger partial charge in [-0.15, -0.1) is 11.3 Å². The normalized spacial score (nSPS) is 28.8. The molecule has 0 aliphatic heterocycles. The van der Waals surface area contributed by atoms with Crippen molar-refractivity contribution in [2.45, 2.75) is 0 Å². The van der Waals surface area contributed by atoms with Gasteiger partial charge in [0.05, 0.1) is 37.2 Å². The topological polar surface area (TPSA) is 117 Å². The number of hydrogen-bond donors (Lipinski definition) is 0. The van der Waals surface area contributed by atoms with E-state index in [1.165, 1.54) is 6.07 Å². The van der Waals surface area contributed by atoms with Crippen LogP contribution in [-0.4, -0.2) is 31.9 Å². The van der Waals surface area contributed by atoms with Gasteiger partial charge in [-0.3, -0.25) is 14.4 Å². The molecule has 1 saturated carbocycles. The molecule has 0 saturated heterocycles. The van der Waals surface area contributed by atoms with Gasteiger partial charge >= 0.3 is 11.9 Å². The quantitative estimate of drug-likeness (QED) is 0.598. The van der Waals surface area contributed by atoms with Crippen LogP contribution in [0.4, 0.5) is 0 Å². The Morgan fingerprint density at radius 3 is 1.95 bits per heavy atom. The van der Waals surface area contributed by atoms with E-state index in [0.29, 0.717) is 0 Å². The first-order chi connectivity index (χ1) is 10.5. The molecule has 0 N–H and O–H groups in total. The third-order valence-electron chi connectivity index (χ3n) is 3.80. The van der Waals surface area contributed by atoms with Gasteiger partial charge in [0.15, 0.2) is 16.6 Å². The number of ketones is 1. The van der Waals surface area contributed by atoms with Gasteiger partial charge in [-0.05, 0) is 11.4 Å². The molecule has 2 unspecified atom stereocenters. The number of thiophene rings is 1. The van der Waals surface area contributed by atoms with E-state index in [-0.39, 0.29) is 4.88 Å². The Labute approximate surface area is 129 Å². The highest BCUT2D eigenvalue weighted by atomic mass is 32.1. The molecule has 1 aliphatic rings. The summed E-state index contributed by atoms with van der Waals surface area (Å²) in [6, 6.07) is 6.38. The van der Waals surface area contributed by atoms with Crippen molar-refractivity contribution in [3.05, 3.63) is 22.4 Å². The summed E-state index contributed by atoms with van der Waals surface area (Å²) in [7, 11) is 2.04. The summed E-state index contributed by atoms with van der Waals surface area (Å²) in [4.78, 5) is 36.9. The van der Waals surface area contributed by atoms with Gasteiger partial charge in [-0.25, -0.2) is 0 Å². The van der Waals surface area contributed by atoms with Crippen molar-refractivity contribution < 1.29 is 23.9 Å². The van der Waals surface area contributed by atoms with Gasteiger partial charge < -0.3 is 9.47 Å². The van der Waals surface area contributed by atoms with E-state index in [1.54, 1.807) is 23.6 Å². The van der Waals surface area contributed by atoms with Crippen molar-refractivity contribution in [3.8, 4) is 12.1 Å². The second-order valence-corrected chi connectivity index (χ2v) is 5.55. The highest BCUT2D eigenvalue weighted by Crippen LogP contribution is 2.70. The van der Waals surface area contributed by atoms with Crippen molar-refractivity contribution in [2.24, 2.45) is 16.7 Å². The minimum Gasteiger partial charge on any atom is -0.468 e. The maximum atomic E-state index is 12.6. The number of ether oxygens (including phenoxy) is 2. The van der Waals surface area contributed by atoms with E-state index in [1.807, 2.05) is 0 Å². The van der Waals surface area contributed by atoms with Crippen molar-refractivity contribution in [1.29, 1.82) is 10.5 Å². The lowest BCUT2D eigenvalue weighted by atomic mass is 9.95. The second kappa shape index (κ2) is 5.24. The standard InChI is InChI=1S/C14H10N2O5S/c1-20-11(18)13(6-15)10(9(17)8-4-3-5-22-8)14(13,7-16)12(19)21-2/h3-5,10H,1-2H3. The SMILES string of the molecule is COC(=O)C1(C#N)C(C(=O)c2cccs2)C1(C#N)C(=O)OC. The van der Waals surface area contributed by atoms with E-state index in [4.69, 9.17) is 0 Å². The second-order valence-electron chi connectivity index (χ2n) is 4.60. The summed E-state index contributed by atoms with van der Waals surface area (Å²) in [5, 5.41) is 20.5. The van der Waals surface area contributed by atoms with Crippen LogP contribution in [0.25, 0.3) is 0 Å². The summed E-state index contributed by atoms with van der Waals surface area (Å²) in [6.45, 7) is 0. The zero-order valence-electron chi connectivity index (χ0n) is 11.7. The monoisotopic (exact) mass is 318 g/mol. The van der Waals surface area contributed by atoms with Crippen LogP contribution in [0.15, 0.2) is 17.5 Å². The molecule has 1 aliphatic carbocycles. The van der Waals surface area contributed by atoms with E-state index in [0.717, 1.165) is 25.6 Å². The molecule has 1 fully saturated rings. The summed E-state index contributed by atoms with van der Waals surface area (Å²) in [6.07, 6.45) is 0. The molecule has 7 nitrogen and oxygen atoms in total. The van der Waals surface area contributed by atoms with Crippen LogP contribution < -0.4 is 0 Å². The predicted molar refractivity (Wildman–Crippen MR) is 72.3 cm³/mol. The maximum Gasteiger partial charge on any atom is 0.329 e. The van der Waals surface area contributed by atoms with Crippen LogP contribution in [0.5, 0.6) is 0 Å². The highest BCUT2D eigenvalue weighted by Gasteiger charge is 2.91. The third-order valence-corrected chi connectivity index (χ3v) is 4.68. The number of carbonyl (C=O) groups excluding carboxylic acids is 3. The molecule has 0 spiro atoms. The maximum absolute atomic E-state index is 12.6. The number of nitriles is 2. The van der Waals surface area contributed by atoms with Crippen LogP contribution in [0.3, 0.4) is 0 Å². The molecule has 1 heterocycles. The number of carbonyl (C=O) groups is 3. The predicted octanol–water partition coefficient (Wildman–Crippen LogP) is 0.927. The van der Waals surface area contributed by atoms with Gasteiger partial charge in [0.1, 0.15) is 0 Å². The summed E-state index contributed by atoms with van der Waals surface area (Å²) in [5.41, 5.74) is -4.38. The smallest absolute Gasteiger partial charge is 0.329 e. The average molecular weight is 318 g/mol. The molecule has 0 radical (unpaired) electrons. The van der Waals surface area contributed by atoms with Crippen LogP contribution >= 0.6 is 11.3 Å². The van der Waals surface area contributed by atoms with E-state index in [2.05, 4.69) is 9.47 Å². The number of Topliss-reactive ketones (excluding diaryl/α,β-unsaturated/α-hetero) is 1. The van der Waals surface area contributed by atoms with E-state index in [9.17, 15) is 24.9 Å². The minimum absolute atomic E-state index is 0.245.